The highest BCUT2D eigenvalue weighted by molar-refractivity contribution is 9.10. The summed E-state index contributed by atoms with van der Waals surface area (Å²) in [7, 11) is 4.20. The van der Waals surface area contributed by atoms with E-state index in [1.54, 1.807) is 0 Å². The molecule has 0 amide bonds. The van der Waals surface area contributed by atoms with Gasteiger partial charge in [-0.1, -0.05) is 27.7 Å². The van der Waals surface area contributed by atoms with Crippen molar-refractivity contribution < 1.29 is 0 Å². The molecule has 0 aromatic carbocycles. The Bertz CT molecular complexity index is 418. The van der Waals surface area contributed by atoms with Crippen LogP contribution in [0.15, 0.2) is 10.7 Å². The van der Waals surface area contributed by atoms with Crippen LogP contribution in [0.4, 0.5) is 5.82 Å². The molecule has 0 fully saturated rings. The minimum atomic E-state index is 0.334. The van der Waals surface area contributed by atoms with E-state index in [1.807, 2.05) is 6.07 Å². The Balaban J connectivity index is 2.99. The monoisotopic (exact) mass is 342 g/mol. The molecule has 20 heavy (non-hydrogen) atoms. The fraction of sp³-hybridized carbons (Fsp3) is 0.733. The van der Waals surface area contributed by atoms with Gasteiger partial charge in [0.1, 0.15) is 16.2 Å². The molecular formula is C15H27BrN4. The summed E-state index contributed by atoms with van der Waals surface area (Å²) in [5.74, 6) is 2.86. The highest BCUT2D eigenvalue weighted by Crippen LogP contribution is 2.21. The van der Waals surface area contributed by atoms with Gasteiger partial charge in [-0.2, -0.15) is 0 Å². The molecule has 0 spiro atoms. The Labute approximate surface area is 131 Å². The molecule has 0 N–H and O–H groups in total. The quantitative estimate of drug-likeness (QED) is 0.711. The first-order valence-corrected chi connectivity index (χ1v) is 8.03. The zero-order valence-corrected chi connectivity index (χ0v) is 15.1. The predicted molar refractivity (Wildman–Crippen MR) is 89.4 cm³/mol. The maximum absolute atomic E-state index is 4.73. The first-order chi connectivity index (χ1) is 9.29. The van der Waals surface area contributed by atoms with Gasteiger partial charge in [0.05, 0.1) is 0 Å². The number of nitrogens with zero attached hydrogens (tertiary/aromatic N) is 4. The van der Waals surface area contributed by atoms with Crippen LogP contribution in [0, 0.1) is 5.92 Å². The van der Waals surface area contributed by atoms with Crippen LogP contribution in [0.1, 0.15) is 39.4 Å². The maximum Gasteiger partial charge on any atom is 0.134 e. The molecule has 1 aromatic heterocycles. The fourth-order valence-electron chi connectivity index (χ4n) is 1.90. The number of rotatable bonds is 7. The Morgan fingerprint density at radius 3 is 2.25 bits per heavy atom. The van der Waals surface area contributed by atoms with Gasteiger partial charge in [-0.3, -0.25) is 0 Å². The summed E-state index contributed by atoms with van der Waals surface area (Å²) in [5.41, 5.74) is 0. The molecule has 4 nitrogen and oxygen atoms in total. The van der Waals surface area contributed by atoms with Gasteiger partial charge >= 0.3 is 0 Å². The van der Waals surface area contributed by atoms with Crippen LogP contribution in [0.3, 0.4) is 0 Å². The Kier molecular flexibility index (Phi) is 6.89. The number of likely N-dealkylation sites (N-methyl/N-ethyl adjacent to an activating group) is 1. The van der Waals surface area contributed by atoms with Crippen molar-refractivity contribution in [3.63, 3.8) is 0 Å². The minimum Gasteiger partial charge on any atom is -0.355 e. The van der Waals surface area contributed by atoms with Crippen molar-refractivity contribution in [3.05, 3.63) is 16.5 Å². The SMILES string of the molecule is CC(C)CN(CCN(C)C)c1cc(Br)nc(C(C)C)n1. The summed E-state index contributed by atoms with van der Waals surface area (Å²) in [6.45, 7) is 11.7. The molecule has 0 bridgehead atoms. The lowest BCUT2D eigenvalue weighted by Crippen LogP contribution is -2.35. The molecule has 0 aliphatic rings. The van der Waals surface area contributed by atoms with E-state index in [0.717, 1.165) is 35.9 Å². The lowest BCUT2D eigenvalue weighted by Gasteiger charge is -2.27. The summed E-state index contributed by atoms with van der Waals surface area (Å²) in [4.78, 5) is 13.7. The molecule has 0 saturated carbocycles. The molecule has 0 saturated heterocycles. The third kappa shape index (κ3) is 5.75. The van der Waals surface area contributed by atoms with Gasteiger partial charge < -0.3 is 9.80 Å². The van der Waals surface area contributed by atoms with E-state index < -0.39 is 0 Å². The first kappa shape index (κ1) is 17.4. The summed E-state index contributed by atoms with van der Waals surface area (Å²) >= 11 is 3.51. The summed E-state index contributed by atoms with van der Waals surface area (Å²) in [6, 6.07) is 2.02. The molecule has 0 atom stereocenters. The second kappa shape index (κ2) is 7.93. The van der Waals surface area contributed by atoms with Crippen LogP contribution in [-0.2, 0) is 0 Å². The van der Waals surface area contributed by atoms with Gasteiger partial charge in [-0.05, 0) is 35.9 Å². The van der Waals surface area contributed by atoms with Crippen molar-refractivity contribution in [3.8, 4) is 0 Å². The van der Waals surface area contributed by atoms with Crippen LogP contribution >= 0.6 is 15.9 Å². The molecule has 5 heteroatoms. The number of hydrogen-bond acceptors (Lipinski definition) is 4. The van der Waals surface area contributed by atoms with Crippen molar-refractivity contribution in [1.29, 1.82) is 0 Å². The Hall–Kier alpha value is -0.680. The van der Waals surface area contributed by atoms with Gasteiger partial charge in [-0.15, -0.1) is 0 Å². The van der Waals surface area contributed by atoms with Crippen molar-refractivity contribution in [2.24, 2.45) is 5.92 Å². The molecule has 114 valence electrons. The smallest absolute Gasteiger partial charge is 0.134 e. The van der Waals surface area contributed by atoms with Crippen molar-refractivity contribution in [1.82, 2.24) is 14.9 Å². The van der Waals surface area contributed by atoms with Gasteiger partial charge in [0, 0.05) is 31.6 Å². The van der Waals surface area contributed by atoms with E-state index >= 15 is 0 Å². The lowest BCUT2D eigenvalue weighted by atomic mass is 10.2. The zero-order chi connectivity index (χ0) is 15.3. The topological polar surface area (TPSA) is 32.3 Å². The van der Waals surface area contributed by atoms with E-state index in [9.17, 15) is 0 Å². The first-order valence-electron chi connectivity index (χ1n) is 7.23. The van der Waals surface area contributed by atoms with Gasteiger partial charge in [0.15, 0.2) is 0 Å². The normalized spacial score (nSPS) is 11.7. The van der Waals surface area contributed by atoms with Crippen LogP contribution in [0.5, 0.6) is 0 Å². The number of halogens is 1. The van der Waals surface area contributed by atoms with E-state index in [2.05, 4.69) is 72.5 Å². The molecule has 0 aliphatic heterocycles. The third-order valence-electron chi connectivity index (χ3n) is 2.94. The van der Waals surface area contributed by atoms with Gasteiger partial charge in [0.2, 0.25) is 0 Å². The number of anilines is 1. The van der Waals surface area contributed by atoms with Crippen LogP contribution in [0.2, 0.25) is 0 Å². The zero-order valence-electron chi connectivity index (χ0n) is 13.5. The van der Waals surface area contributed by atoms with E-state index in [0.29, 0.717) is 11.8 Å². The predicted octanol–water partition coefficient (Wildman–Crippen LogP) is 3.39. The highest BCUT2D eigenvalue weighted by Gasteiger charge is 2.14. The van der Waals surface area contributed by atoms with E-state index in [1.165, 1.54) is 0 Å². The van der Waals surface area contributed by atoms with Gasteiger partial charge in [-0.25, -0.2) is 9.97 Å². The average Bonchev–Trinajstić information content (AvgIpc) is 2.32. The summed E-state index contributed by atoms with van der Waals surface area (Å²) < 4.78 is 0.866. The molecular weight excluding hydrogens is 316 g/mol. The number of aromatic nitrogens is 2. The maximum atomic E-state index is 4.73. The average molecular weight is 343 g/mol. The Morgan fingerprint density at radius 1 is 1.10 bits per heavy atom. The molecule has 1 aromatic rings. The number of hydrogen-bond donors (Lipinski definition) is 0. The van der Waals surface area contributed by atoms with Crippen LogP contribution < -0.4 is 4.90 Å². The highest BCUT2D eigenvalue weighted by atomic mass is 79.9. The van der Waals surface area contributed by atoms with Crippen LogP contribution in [-0.4, -0.2) is 48.6 Å². The minimum absolute atomic E-state index is 0.334. The van der Waals surface area contributed by atoms with Crippen LogP contribution in [0.25, 0.3) is 0 Å². The molecule has 0 unspecified atom stereocenters. The lowest BCUT2D eigenvalue weighted by molar-refractivity contribution is 0.408. The largest absolute Gasteiger partial charge is 0.355 e. The molecule has 0 aliphatic carbocycles. The Morgan fingerprint density at radius 2 is 1.75 bits per heavy atom. The van der Waals surface area contributed by atoms with Gasteiger partial charge in [0.25, 0.3) is 0 Å². The van der Waals surface area contributed by atoms with Crippen molar-refractivity contribution >= 4 is 21.7 Å². The summed E-state index contributed by atoms with van der Waals surface area (Å²) in [6.07, 6.45) is 0. The van der Waals surface area contributed by atoms with E-state index in [-0.39, 0.29) is 0 Å². The second-order valence-corrected chi connectivity index (χ2v) is 7.02. The summed E-state index contributed by atoms with van der Waals surface area (Å²) in [5, 5.41) is 0. The van der Waals surface area contributed by atoms with Crippen molar-refractivity contribution in [2.45, 2.75) is 33.6 Å². The molecule has 1 rings (SSSR count). The van der Waals surface area contributed by atoms with Crippen molar-refractivity contribution in [2.75, 3.05) is 38.6 Å². The third-order valence-corrected chi connectivity index (χ3v) is 3.35. The standard InChI is InChI=1S/C15H27BrN4/c1-11(2)10-20(8-7-19(5)6)14-9-13(16)17-15(18-14)12(3)4/h9,11-12H,7-8,10H2,1-6H3. The molecule has 1 heterocycles. The second-order valence-electron chi connectivity index (χ2n) is 6.20. The fourth-order valence-corrected chi connectivity index (χ4v) is 2.29. The molecule has 0 radical (unpaired) electrons. The van der Waals surface area contributed by atoms with E-state index in [4.69, 9.17) is 4.98 Å².